The Bertz CT molecular complexity index is 703. The van der Waals surface area contributed by atoms with Crippen LogP contribution in [-0.2, 0) is 23.1 Å². The van der Waals surface area contributed by atoms with Gasteiger partial charge in [-0.2, -0.15) is 0 Å². The predicted octanol–water partition coefficient (Wildman–Crippen LogP) is 4.76. The van der Waals surface area contributed by atoms with Crippen molar-refractivity contribution >= 4 is 22.0 Å². The summed E-state index contributed by atoms with van der Waals surface area (Å²) < 4.78 is 37.2. The molecule has 0 aliphatic carbocycles. The normalized spacial score (nSPS) is 21.4. The van der Waals surface area contributed by atoms with Crippen LogP contribution >= 0.6 is 7.60 Å². The fraction of sp³-hybridized carbons (Fsp3) is 0.957. The maximum absolute atomic E-state index is 14.0. The second-order valence-electron chi connectivity index (χ2n) is 12.0. The van der Waals surface area contributed by atoms with Crippen LogP contribution in [0.25, 0.3) is 0 Å². The molecule has 2 N–H and O–H groups in total. The van der Waals surface area contributed by atoms with Gasteiger partial charge in [0.05, 0.1) is 43.7 Å². The highest BCUT2D eigenvalue weighted by molar-refractivity contribution is 7.54. The number of aliphatic hydroxyl groups excluding tert-OH is 1. The lowest BCUT2D eigenvalue weighted by molar-refractivity contribution is -0.0135. The summed E-state index contributed by atoms with van der Waals surface area (Å²) in [4.78, 5) is 24.7. The number of amides is 1. The monoisotopic (exact) mass is 525 g/mol. The van der Waals surface area contributed by atoms with Gasteiger partial charge in [0.15, 0.2) is 8.32 Å². The van der Waals surface area contributed by atoms with Crippen LogP contribution < -0.4 is 0 Å². The van der Waals surface area contributed by atoms with E-state index in [0.717, 1.165) is 0 Å². The molecule has 0 aromatic heterocycles. The predicted molar refractivity (Wildman–Crippen MR) is 136 cm³/mol. The lowest BCUT2D eigenvalue weighted by Crippen LogP contribution is -2.42. The van der Waals surface area contributed by atoms with E-state index in [1.54, 1.807) is 48.5 Å². The first-order valence-electron chi connectivity index (χ1n) is 12.1. The van der Waals surface area contributed by atoms with E-state index in [1.807, 2.05) is 26.9 Å². The molecule has 0 spiro atoms. The molecule has 1 heterocycles. The molecule has 0 aromatic carbocycles. The molecule has 1 aliphatic rings. The number of hydrogen-bond donors (Lipinski definition) is 2. The van der Waals surface area contributed by atoms with E-state index >= 15 is 0 Å². The second-order valence-corrected chi connectivity index (χ2v) is 18.7. The first-order chi connectivity index (χ1) is 15.2. The molecule has 3 atom stereocenters. The molecule has 11 heteroatoms. The number of carbonyl (C=O) groups is 1. The molecule has 0 aromatic rings. The number of β-amino-alcohol motifs (C(OH)–C–C–N with tert-alkyl or cyclic N) is 1. The van der Waals surface area contributed by atoms with Crippen molar-refractivity contribution in [1.82, 2.24) is 4.90 Å². The number of ether oxygens (including phenoxy) is 2. The number of nitrogens with zero attached hydrogens (tertiary/aromatic N) is 1. The van der Waals surface area contributed by atoms with Gasteiger partial charge in [0.2, 0.25) is 0 Å². The molecule has 34 heavy (non-hydrogen) atoms. The summed E-state index contributed by atoms with van der Waals surface area (Å²) in [7, 11) is -6.28. The molecule has 202 valence electrons. The number of rotatable bonds is 11. The molecular formula is C23H48NO8PSi. The Morgan fingerprint density at radius 3 is 1.97 bits per heavy atom. The molecule has 1 aliphatic heterocycles. The van der Waals surface area contributed by atoms with Gasteiger partial charge < -0.3 is 33.3 Å². The number of hydrogen-bond acceptors (Lipinski definition) is 8. The highest BCUT2D eigenvalue weighted by Crippen LogP contribution is 2.59. The Morgan fingerprint density at radius 1 is 1.06 bits per heavy atom. The Balaban J connectivity index is 3.10. The van der Waals surface area contributed by atoms with E-state index in [4.69, 9.17) is 18.5 Å². The maximum Gasteiger partial charge on any atom is 0.410 e. The summed E-state index contributed by atoms with van der Waals surface area (Å²) in [5.74, 6) is 0. The van der Waals surface area contributed by atoms with Crippen molar-refractivity contribution in [2.75, 3.05) is 19.7 Å². The van der Waals surface area contributed by atoms with Gasteiger partial charge in [0, 0.05) is 0 Å². The van der Waals surface area contributed by atoms with E-state index in [2.05, 4.69) is 0 Å². The van der Waals surface area contributed by atoms with Crippen molar-refractivity contribution in [3.63, 3.8) is 0 Å². The molecule has 0 unspecified atom stereocenters. The second kappa shape index (κ2) is 11.7. The van der Waals surface area contributed by atoms with E-state index < -0.39 is 50.5 Å². The average molecular weight is 526 g/mol. The largest absolute Gasteiger partial charge is 0.444 e. The number of aliphatic hydroxyl groups is 1. The quantitative estimate of drug-likeness (QED) is 0.293. The van der Waals surface area contributed by atoms with Crippen molar-refractivity contribution in [3.05, 3.63) is 0 Å². The summed E-state index contributed by atoms with van der Waals surface area (Å²) in [6, 6.07) is 0. The van der Waals surface area contributed by atoms with Gasteiger partial charge >= 0.3 is 13.7 Å². The van der Waals surface area contributed by atoms with Crippen molar-refractivity contribution < 1.29 is 37.8 Å². The lowest BCUT2D eigenvalue weighted by Gasteiger charge is -2.40. The van der Waals surface area contributed by atoms with Gasteiger partial charge in [-0.1, -0.05) is 13.8 Å². The summed E-state index contributed by atoms with van der Waals surface area (Å²) in [6.45, 7) is 20.4. The lowest BCUT2D eigenvalue weighted by atomic mass is 10.1. The standard InChI is InChI=1S/C23H48NO8PSi/c1-16(2)31-33(27,32-17(3)4)18(12-23(8,9)34(10,11)28)15-29-20-14-24(13-19(20)25)21(26)30-22(5,6)7/h16-20,25,28H,12-15H2,1-11H3/t18-,19+,20+/m1/s1. The van der Waals surface area contributed by atoms with Crippen LogP contribution in [0.3, 0.4) is 0 Å². The fourth-order valence-electron chi connectivity index (χ4n) is 3.52. The van der Waals surface area contributed by atoms with E-state index in [-0.39, 0.29) is 31.9 Å². The maximum atomic E-state index is 14.0. The van der Waals surface area contributed by atoms with Crippen LogP contribution in [0, 0.1) is 0 Å². The van der Waals surface area contributed by atoms with E-state index in [9.17, 15) is 19.3 Å². The Labute approximate surface area is 207 Å². The van der Waals surface area contributed by atoms with Crippen molar-refractivity contribution in [3.8, 4) is 0 Å². The highest BCUT2D eigenvalue weighted by Gasteiger charge is 2.47. The van der Waals surface area contributed by atoms with Crippen LogP contribution in [0.1, 0.15) is 68.7 Å². The molecule has 0 bridgehead atoms. The summed E-state index contributed by atoms with van der Waals surface area (Å²) in [5.41, 5.74) is -1.30. The fourth-order valence-corrected chi connectivity index (χ4v) is 6.95. The smallest absolute Gasteiger partial charge is 0.410 e. The first-order valence-corrected chi connectivity index (χ1v) is 16.7. The van der Waals surface area contributed by atoms with E-state index in [1.165, 1.54) is 4.90 Å². The Kier molecular flexibility index (Phi) is 10.9. The van der Waals surface area contributed by atoms with E-state index in [0.29, 0.717) is 6.42 Å². The third kappa shape index (κ3) is 9.52. The molecular weight excluding hydrogens is 477 g/mol. The van der Waals surface area contributed by atoms with Gasteiger partial charge in [-0.15, -0.1) is 0 Å². The van der Waals surface area contributed by atoms with Crippen LogP contribution in [-0.4, -0.2) is 84.6 Å². The minimum absolute atomic E-state index is 0.00544. The van der Waals surface area contributed by atoms with Crippen LogP contribution in [0.15, 0.2) is 0 Å². The Morgan fingerprint density at radius 2 is 1.56 bits per heavy atom. The topological polar surface area (TPSA) is 115 Å². The zero-order chi connectivity index (χ0) is 26.7. The summed E-state index contributed by atoms with van der Waals surface area (Å²) in [5, 5.41) is 10.0. The first kappa shape index (κ1) is 31.5. The number of carbonyl (C=O) groups excluding carboxylic acids is 1. The molecule has 1 fully saturated rings. The minimum atomic E-state index is -3.65. The summed E-state index contributed by atoms with van der Waals surface area (Å²) in [6.07, 6.45) is -2.40. The van der Waals surface area contributed by atoms with Crippen LogP contribution in [0.4, 0.5) is 4.79 Å². The highest BCUT2D eigenvalue weighted by atomic mass is 31.2. The molecule has 1 rings (SSSR count). The molecule has 1 saturated heterocycles. The Hall–Kier alpha value is -0.483. The summed E-state index contributed by atoms with van der Waals surface area (Å²) >= 11 is 0. The molecule has 1 amide bonds. The third-order valence-electron chi connectivity index (χ3n) is 5.96. The zero-order valence-corrected chi connectivity index (χ0v) is 24.8. The van der Waals surface area contributed by atoms with Gasteiger partial charge in [0.1, 0.15) is 11.7 Å². The zero-order valence-electron chi connectivity index (χ0n) is 23.0. The van der Waals surface area contributed by atoms with Gasteiger partial charge in [-0.05, 0) is 73.0 Å². The van der Waals surface area contributed by atoms with Gasteiger partial charge in [0.25, 0.3) is 0 Å². The van der Waals surface area contributed by atoms with Crippen molar-refractivity contribution in [1.29, 1.82) is 0 Å². The SMILES string of the molecule is CC(C)OP(=O)(OC(C)C)[C@@H](CO[C@H]1CN(C(=O)OC(C)(C)C)C[C@@H]1O)CC(C)(C)[Si](C)(C)O. The average Bonchev–Trinajstić information content (AvgIpc) is 2.95. The van der Waals surface area contributed by atoms with Gasteiger partial charge in [-0.3, -0.25) is 4.57 Å². The number of likely N-dealkylation sites (tertiary alicyclic amines) is 1. The van der Waals surface area contributed by atoms with Crippen molar-refractivity contribution in [2.24, 2.45) is 0 Å². The minimum Gasteiger partial charge on any atom is -0.444 e. The van der Waals surface area contributed by atoms with Crippen molar-refractivity contribution in [2.45, 2.75) is 123 Å². The van der Waals surface area contributed by atoms with Crippen LogP contribution in [0.5, 0.6) is 0 Å². The van der Waals surface area contributed by atoms with Crippen LogP contribution in [0.2, 0.25) is 18.1 Å². The molecule has 9 nitrogen and oxygen atoms in total. The molecule has 0 saturated carbocycles. The third-order valence-corrected chi connectivity index (χ3v) is 12.1. The van der Waals surface area contributed by atoms with Gasteiger partial charge in [-0.25, -0.2) is 4.79 Å². The molecule has 0 radical (unpaired) electrons.